The third-order valence-corrected chi connectivity index (χ3v) is 317. The molecule has 0 spiro atoms. The second-order valence-electron chi connectivity index (χ2n) is 25.4. The second-order valence-corrected chi connectivity index (χ2v) is 166. The van der Waals surface area contributed by atoms with E-state index in [1.54, 1.807) is 0 Å². The average Bonchev–Trinajstić information content (AvgIpc) is 2.95. The van der Waals surface area contributed by atoms with Crippen LogP contribution in [-0.2, 0) is 22.8 Å². The van der Waals surface area contributed by atoms with Crippen LogP contribution in [0.2, 0.25) is 137 Å². The van der Waals surface area contributed by atoms with Crippen LogP contribution in [0.4, 0.5) is 0 Å². The van der Waals surface area contributed by atoms with Crippen LogP contribution in [-0.4, -0.2) is 121 Å². The van der Waals surface area contributed by atoms with Gasteiger partial charge in [-0.05, 0) is 94.2 Å². The van der Waals surface area contributed by atoms with Crippen molar-refractivity contribution in [3.05, 3.63) is 12.2 Å². The van der Waals surface area contributed by atoms with Gasteiger partial charge in [0.05, 0.1) is 55.0 Å². The molecule has 322 valence electrons. The van der Waals surface area contributed by atoms with Crippen molar-refractivity contribution < 1.29 is 22.8 Å². The zero-order valence-electron chi connectivity index (χ0n) is 42.0. The zero-order chi connectivity index (χ0) is 44.3. The van der Waals surface area contributed by atoms with Crippen molar-refractivity contribution in [1.29, 1.82) is 0 Å². The predicted octanol–water partition coefficient (Wildman–Crippen LogP) is 11.0. The summed E-state index contributed by atoms with van der Waals surface area (Å²) in [6.07, 6.45) is 0.884. The van der Waals surface area contributed by atoms with E-state index in [1.165, 1.54) is 0 Å². The van der Waals surface area contributed by atoms with Crippen LogP contribution in [0, 0.1) is 0 Å². The molecule has 18 heteroatoms. The highest BCUT2D eigenvalue weighted by atomic mass is 30.3. The summed E-state index contributed by atoms with van der Waals surface area (Å²) >= 11 is 0. The van der Waals surface area contributed by atoms with Gasteiger partial charge in [-0.1, -0.05) is 112 Å². The Morgan fingerprint density at radius 2 is 0.727 bits per heavy atom. The molecule has 0 bridgehead atoms. The lowest BCUT2D eigenvalue weighted by molar-refractivity contribution is -0.141. The van der Waals surface area contributed by atoms with Gasteiger partial charge in [0.15, 0.2) is 23.5 Å². The van der Waals surface area contributed by atoms with E-state index in [0.29, 0.717) is 5.57 Å². The molecule has 0 aromatic heterocycles. The van der Waals surface area contributed by atoms with Crippen LogP contribution in [0.15, 0.2) is 12.2 Å². The SMILES string of the molecule is C=C(C)C(=O)OC(CC)[Si]([Si]1(C)C(C)(C)O[Si](C)(C)[Si](C)(C)[Si]1(C)C)([Si]1(C)C(C)(C)O[Si](C)(C)[Si](C)(C)[Si]1(C)C)[Si]1(C)C(C)(C)O[Si](C)(C)[Si](C)(C)[Si]1(C)C. The van der Waals surface area contributed by atoms with Gasteiger partial charge >= 0.3 is 5.97 Å². The summed E-state index contributed by atoms with van der Waals surface area (Å²) < 4.78 is 32.3. The average molecular weight is 982 g/mol. The highest BCUT2D eigenvalue weighted by molar-refractivity contribution is 8.21. The Bertz CT molecular complexity index is 1440. The van der Waals surface area contributed by atoms with E-state index in [4.69, 9.17) is 18.0 Å². The smallest absolute Gasteiger partial charge is 0.333 e. The first-order valence-corrected chi connectivity index (χ1v) is 69.9. The zero-order valence-corrected chi connectivity index (χ0v) is 55.0. The number of carbonyl (C=O) groups excluding carboxylic acids is 1. The minimum atomic E-state index is -3.06. The Balaban J connectivity index is 3.14. The number of esters is 1. The molecule has 3 aliphatic heterocycles. The van der Waals surface area contributed by atoms with E-state index in [9.17, 15) is 4.79 Å². The van der Waals surface area contributed by atoms with Crippen molar-refractivity contribution in [3.8, 4) is 0 Å². The normalized spacial score (nSPS) is 38.1. The van der Waals surface area contributed by atoms with Gasteiger partial charge in [0, 0.05) is 42.6 Å². The molecule has 3 fully saturated rings. The first kappa shape index (κ1) is 51.3. The van der Waals surface area contributed by atoms with Crippen LogP contribution >= 0.6 is 0 Å². The van der Waals surface area contributed by atoms with Crippen molar-refractivity contribution in [2.75, 3.05) is 0 Å². The van der Waals surface area contributed by atoms with E-state index < -0.39 is 94.1 Å². The molecule has 0 aliphatic carbocycles. The highest BCUT2D eigenvalue weighted by Crippen LogP contribution is 2.66. The third kappa shape index (κ3) is 5.56. The molecule has 3 rings (SSSR count). The molecule has 0 amide bonds. The predicted molar refractivity (Wildman–Crippen MR) is 278 cm³/mol. The fraction of sp³-hybridized carbons (Fsp3) is 0.919. The van der Waals surface area contributed by atoms with Gasteiger partial charge in [-0.2, -0.15) is 0 Å². The number of hydrogen-bond acceptors (Lipinski definition) is 5. The number of hydrogen-bond donors (Lipinski definition) is 0. The molecular weight excluding hydrogens is 890 g/mol. The monoisotopic (exact) mass is 980 g/mol. The number of ether oxygens (including phenoxy) is 1. The van der Waals surface area contributed by atoms with Gasteiger partial charge in [-0.15, -0.1) is 0 Å². The molecule has 0 N–H and O–H groups in total. The maximum absolute atomic E-state index is 14.7. The first-order valence-electron chi connectivity index (χ1n) is 21.6. The summed E-state index contributed by atoms with van der Waals surface area (Å²) in [6.45, 7) is 80.5. The van der Waals surface area contributed by atoms with Crippen LogP contribution in [0.25, 0.3) is 0 Å². The Morgan fingerprint density at radius 1 is 0.509 bits per heavy atom. The molecule has 4 unspecified atom stereocenters. The van der Waals surface area contributed by atoms with E-state index >= 15 is 0 Å². The molecule has 3 heterocycles. The Morgan fingerprint density at radius 3 is 0.909 bits per heavy atom. The third-order valence-electron chi connectivity index (χ3n) is 21.9. The summed E-state index contributed by atoms with van der Waals surface area (Å²) in [5.41, 5.74) is 0.456. The summed E-state index contributed by atoms with van der Waals surface area (Å²) in [7, 11) is -26.9. The van der Waals surface area contributed by atoms with Crippen molar-refractivity contribution in [2.24, 2.45) is 0 Å². The van der Waals surface area contributed by atoms with Crippen molar-refractivity contribution in [2.45, 2.75) is 221 Å². The number of rotatable bonds is 7. The molecule has 0 aromatic rings. The lowest BCUT2D eigenvalue weighted by atomic mass is 10.4. The number of carbonyl (C=O) groups is 1. The van der Waals surface area contributed by atoms with Gasteiger partial charge in [0.2, 0.25) is 0 Å². The van der Waals surface area contributed by atoms with Gasteiger partial charge in [0.1, 0.15) is 0 Å². The molecule has 0 radical (unpaired) electrons. The second kappa shape index (κ2) is 13.5. The van der Waals surface area contributed by atoms with Gasteiger partial charge in [-0.3, -0.25) is 0 Å². The quantitative estimate of drug-likeness (QED) is 0.145. The molecule has 4 atom stereocenters. The summed E-state index contributed by atoms with van der Waals surface area (Å²) in [5, 5.41) is -0.763. The maximum atomic E-state index is 14.7. The maximum Gasteiger partial charge on any atom is 0.333 e. The molecule has 3 aliphatic rings. The fourth-order valence-corrected chi connectivity index (χ4v) is 506. The molecular formula is C37H92O5Si13. The van der Waals surface area contributed by atoms with E-state index in [-0.39, 0.29) is 27.4 Å². The summed E-state index contributed by atoms with van der Waals surface area (Å²) in [5.74, 6) is -0.155. The lowest BCUT2D eigenvalue weighted by Crippen LogP contribution is -3.16. The Kier molecular flexibility index (Phi) is 12.5. The van der Waals surface area contributed by atoms with Crippen LogP contribution in [0.5, 0.6) is 0 Å². The van der Waals surface area contributed by atoms with Gasteiger partial charge in [-0.25, -0.2) is 4.79 Å². The molecule has 3 saturated heterocycles. The van der Waals surface area contributed by atoms with Gasteiger partial charge in [0.25, 0.3) is 0 Å². The van der Waals surface area contributed by atoms with E-state index in [1.807, 2.05) is 6.92 Å². The van der Waals surface area contributed by atoms with Crippen molar-refractivity contribution in [1.82, 2.24) is 0 Å². The van der Waals surface area contributed by atoms with Crippen LogP contribution in [0.1, 0.15) is 61.8 Å². The molecule has 0 aromatic carbocycles. The Hall–Kier alpha value is 1.91. The van der Waals surface area contributed by atoms with E-state index in [0.717, 1.165) is 6.42 Å². The summed E-state index contributed by atoms with van der Waals surface area (Å²) in [6, 6.07) is 0. The van der Waals surface area contributed by atoms with Gasteiger partial charge < -0.3 is 18.0 Å². The lowest BCUT2D eigenvalue weighted by Gasteiger charge is -2.85. The minimum Gasteiger partial charge on any atom is -0.464 e. The van der Waals surface area contributed by atoms with Crippen molar-refractivity contribution >= 4 is 100 Å². The minimum absolute atomic E-state index is 0.0892. The van der Waals surface area contributed by atoms with Crippen LogP contribution in [0.3, 0.4) is 0 Å². The largest absolute Gasteiger partial charge is 0.464 e. The first-order chi connectivity index (χ1) is 23.7. The Labute approximate surface area is 353 Å². The molecule has 5 nitrogen and oxygen atoms in total. The van der Waals surface area contributed by atoms with E-state index in [2.05, 4.69) is 193 Å². The molecule has 55 heavy (non-hydrogen) atoms. The highest BCUT2D eigenvalue weighted by Gasteiger charge is 2.95. The topological polar surface area (TPSA) is 54.0 Å². The standard InChI is InChI=1S/C37H92O5Si13/c1-31-33(39-34(38)32(2)3)55(52(28)35(4,5)40-43(10,11)46(16,17)49(52,22)23,53(29)36(6,7)41-44(12,13)47(18,19)50(53,24)25)54(30)37(8,9)42-45(14,15)48(20,21)51(54,26)27/h33H,2,31H2,1,3-30H3. The fourth-order valence-electron chi connectivity index (χ4n) is 15.1. The summed E-state index contributed by atoms with van der Waals surface area (Å²) in [4.78, 5) is 14.7. The van der Waals surface area contributed by atoms with Crippen LogP contribution < -0.4 is 0 Å². The van der Waals surface area contributed by atoms with Crippen molar-refractivity contribution in [3.63, 3.8) is 0 Å². The molecule has 0 saturated carbocycles.